The fourth-order valence-corrected chi connectivity index (χ4v) is 2.97. The number of carboxylic acids is 1. The van der Waals surface area contributed by atoms with Gasteiger partial charge in [0.05, 0.1) is 11.8 Å². The van der Waals surface area contributed by atoms with Crippen molar-refractivity contribution in [1.82, 2.24) is 15.5 Å². The van der Waals surface area contributed by atoms with E-state index < -0.39 is 17.3 Å². The summed E-state index contributed by atoms with van der Waals surface area (Å²) >= 11 is 0. The van der Waals surface area contributed by atoms with Gasteiger partial charge >= 0.3 is 5.97 Å². The fraction of sp³-hybridized carbons (Fsp3) is 0.846. The second kappa shape index (κ2) is 5.46. The van der Waals surface area contributed by atoms with Gasteiger partial charge in [-0.2, -0.15) is 0 Å². The topological polar surface area (TPSA) is 81.7 Å². The number of nitrogens with zero attached hydrogens (tertiary/aromatic N) is 1. The van der Waals surface area contributed by atoms with Crippen LogP contribution in [0.2, 0.25) is 0 Å². The van der Waals surface area contributed by atoms with E-state index in [-0.39, 0.29) is 11.8 Å². The van der Waals surface area contributed by atoms with Crippen LogP contribution in [0.15, 0.2) is 0 Å². The minimum absolute atomic E-state index is 0.118. The van der Waals surface area contributed by atoms with Crippen LogP contribution < -0.4 is 10.6 Å². The van der Waals surface area contributed by atoms with E-state index in [9.17, 15) is 9.59 Å². The maximum Gasteiger partial charge on any atom is 0.307 e. The summed E-state index contributed by atoms with van der Waals surface area (Å²) in [5.41, 5.74) is -0.412. The van der Waals surface area contributed by atoms with Crippen LogP contribution in [-0.4, -0.2) is 61.2 Å². The summed E-state index contributed by atoms with van der Waals surface area (Å²) in [6.07, 6.45) is 0. The number of rotatable bonds is 5. The summed E-state index contributed by atoms with van der Waals surface area (Å²) < 4.78 is 0. The number of amides is 1. The number of nitrogens with one attached hydrogen (secondary N) is 2. The van der Waals surface area contributed by atoms with Crippen molar-refractivity contribution in [3.63, 3.8) is 0 Å². The number of aliphatic carboxylic acids is 1. The fourth-order valence-electron chi connectivity index (χ4n) is 2.97. The van der Waals surface area contributed by atoms with Crippen molar-refractivity contribution in [2.24, 2.45) is 17.3 Å². The molecule has 2 rings (SSSR count). The molecule has 0 aromatic carbocycles. The van der Waals surface area contributed by atoms with Gasteiger partial charge in [0, 0.05) is 39.3 Å². The highest BCUT2D eigenvalue weighted by Crippen LogP contribution is 2.58. The van der Waals surface area contributed by atoms with Crippen molar-refractivity contribution < 1.29 is 14.7 Å². The van der Waals surface area contributed by atoms with Gasteiger partial charge in [0.15, 0.2) is 0 Å². The van der Waals surface area contributed by atoms with Gasteiger partial charge in [-0.1, -0.05) is 13.8 Å². The first-order valence-electron chi connectivity index (χ1n) is 6.88. The lowest BCUT2D eigenvalue weighted by molar-refractivity contribution is -0.140. The molecular weight excluding hydrogens is 246 g/mol. The number of piperazine rings is 1. The van der Waals surface area contributed by atoms with E-state index in [1.807, 2.05) is 13.8 Å². The number of carboxylic acid groups (broad SMARTS) is 1. The van der Waals surface area contributed by atoms with E-state index in [2.05, 4.69) is 15.5 Å². The minimum Gasteiger partial charge on any atom is -0.481 e. The highest BCUT2D eigenvalue weighted by Gasteiger charge is 2.65. The van der Waals surface area contributed by atoms with Gasteiger partial charge in [0.2, 0.25) is 5.91 Å². The maximum absolute atomic E-state index is 12.0. The van der Waals surface area contributed by atoms with Crippen molar-refractivity contribution in [2.45, 2.75) is 13.8 Å². The summed E-state index contributed by atoms with van der Waals surface area (Å²) in [7, 11) is 0. The number of carbonyl (C=O) groups is 2. The van der Waals surface area contributed by atoms with E-state index in [0.717, 1.165) is 32.7 Å². The molecule has 1 aliphatic heterocycles. The number of hydrogen-bond acceptors (Lipinski definition) is 4. The van der Waals surface area contributed by atoms with Gasteiger partial charge in [0.1, 0.15) is 0 Å². The van der Waals surface area contributed by atoms with E-state index in [0.29, 0.717) is 6.54 Å². The molecule has 0 aromatic heterocycles. The van der Waals surface area contributed by atoms with Crippen molar-refractivity contribution in [3.8, 4) is 0 Å². The Morgan fingerprint density at radius 1 is 1.32 bits per heavy atom. The third-order valence-electron chi connectivity index (χ3n) is 4.31. The highest BCUT2D eigenvalue weighted by atomic mass is 16.4. The Morgan fingerprint density at radius 3 is 2.47 bits per heavy atom. The molecule has 1 heterocycles. The molecule has 3 N–H and O–H groups in total. The van der Waals surface area contributed by atoms with Crippen molar-refractivity contribution in [2.75, 3.05) is 39.3 Å². The summed E-state index contributed by atoms with van der Waals surface area (Å²) in [6, 6.07) is 0. The predicted octanol–water partition coefficient (Wildman–Crippen LogP) is -0.635. The highest BCUT2D eigenvalue weighted by molar-refractivity contribution is 5.91. The molecule has 1 aliphatic carbocycles. The average molecular weight is 269 g/mol. The summed E-state index contributed by atoms with van der Waals surface area (Å²) in [5, 5.41) is 15.2. The summed E-state index contributed by atoms with van der Waals surface area (Å²) in [6.45, 7) is 9.09. The molecule has 0 radical (unpaired) electrons. The second-order valence-corrected chi connectivity index (χ2v) is 6.00. The summed E-state index contributed by atoms with van der Waals surface area (Å²) in [4.78, 5) is 25.3. The quantitative estimate of drug-likeness (QED) is 0.619. The third-order valence-corrected chi connectivity index (χ3v) is 4.31. The maximum atomic E-state index is 12.0. The molecule has 1 saturated heterocycles. The van der Waals surface area contributed by atoms with Gasteiger partial charge < -0.3 is 15.7 Å². The lowest BCUT2D eigenvalue weighted by Gasteiger charge is -2.27. The minimum atomic E-state index is -0.868. The Hall–Kier alpha value is -1.14. The van der Waals surface area contributed by atoms with E-state index in [4.69, 9.17) is 5.11 Å². The monoisotopic (exact) mass is 269 g/mol. The third kappa shape index (κ3) is 3.06. The molecular formula is C13H23N3O3. The van der Waals surface area contributed by atoms with Crippen LogP contribution in [0.25, 0.3) is 0 Å². The molecule has 0 spiro atoms. The molecule has 0 unspecified atom stereocenters. The van der Waals surface area contributed by atoms with Gasteiger partial charge in [-0.25, -0.2) is 0 Å². The van der Waals surface area contributed by atoms with E-state index >= 15 is 0 Å². The molecule has 0 bridgehead atoms. The SMILES string of the molecule is CC1(C)[C@H](C(=O)O)[C@@H]1C(=O)NCCN1CCNCC1. The van der Waals surface area contributed by atoms with Crippen LogP contribution in [0.1, 0.15) is 13.8 Å². The molecule has 0 aromatic rings. The standard InChI is InChI=1S/C13H23N3O3/c1-13(2)9(10(13)12(18)19)11(17)15-5-8-16-6-3-14-4-7-16/h9-10,14H,3-8H2,1-2H3,(H,15,17)(H,18,19)/t9-,10+/m1/s1. The van der Waals surface area contributed by atoms with Crippen LogP contribution in [0, 0.1) is 17.3 Å². The van der Waals surface area contributed by atoms with Crippen LogP contribution in [0.4, 0.5) is 0 Å². The zero-order valence-electron chi connectivity index (χ0n) is 11.6. The number of carbonyl (C=O) groups excluding carboxylic acids is 1. The molecule has 6 nitrogen and oxygen atoms in total. The first-order valence-corrected chi connectivity index (χ1v) is 6.88. The van der Waals surface area contributed by atoms with Gasteiger partial charge in [-0.05, 0) is 5.41 Å². The largest absolute Gasteiger partial charge is 0.481 e. The second-order valence-electron chi connectivity index (χ2n) is 6.00. The molecule has 1 saturated carbocycles. The van der Waals surface area contributed by atoms with Gasteiger partial charge in [0.25, 0.3) is 0 Å². The van der Waals surface area contributed by atoms with Crippen molar-refractivity contribution in [1.29, 1.82) is 0 Å². The van der Waals surface area contributed by atoms with E-state index in [1.165, 1.54) is 0 Å². The van der Waals surface area contributed by atoms with Crippen molar-refractivity contribution >= 4 is 11.9 Å². The molecule has 1 amide bonds. The lowest BCUT2D eigenvalue weighted by Crippen LogP contribution is -2.46. The van der Waals surface area contributed by atoms with Crippen LogP contribution in [-0.2, 0) is 9.59 Å². The van der Waals surface area contributed by atoms with Crippen LogP contribution >= 0.6 is 0 Å². The first-order chi connectivity index (χ1) is 8.94. The lowest BCUT2D eigenvalue weighted by atomic mass is 10.1. The predicted molar refractivity (Wildman–Crippen MR) is 70.7 cm³/mol. The molecule has 2 aliphatic rings. The molecule has 2 fully saturated rings. The zero-order chi connectivity index (χ0) is 14.0. The summed E-state index contributed by atoms with van der Waals surface area (Å²) in [5.74, 6) is -1.90. The number of hydrogen-bond donors (Lipinski definition) is 3. The zero-order valence-corrected chi connectivity index (χ0v) is 11.6. The average Bonchev–Trinajstić information content (AvgIpc) is 2.94. The Kier molecular flexibility index (Phi) is 4.10. The Labute approximate surface area is 113 Å². The van der Waals surface area contributed by atoms with Crippen molar-refractivity contribution in [3.05, 3.63) is 0 Å². The molecule has 2 atom stereocenters. The van der Waals surface area contributed by atoms with Crippen LogP contribution in [0.3, 0.4) is 0 Å². The Balaban J connectivity index is 1.72. The molecule has 6 heteroatoms. The van der Waals surface area contributed by atoms with Crippen LogP contribution in [0.5, 0.6) is 0 Å². The first kappa shape index (κ1) is 14.3. The Morgan fingerprint density at radius 2 is 1.95 bits per heavy atom. The Bertz CT molecular complexity index is 364. The van der Waals surface area contributed by atoms with Gasteiger partial charge in [-0.15, -0.1) is 0 Å². The van der Waals surface area contributed by atoms with E-state index in [1.54, 1.807) is 0 Å². The molecule has 108 valence electrons. The normalized spacial score (nSPS) is 29.8. The smallest absolute Gasteiger partial charge is 0.307 e. The van der Waals surface area contributed by atoms with Gasteiger partial charge in [-0.3, -0.25) is 14.5 Å². The molecule has 19 heavy (non-hydrogen) atoms.